The van der Waals surface area contributed by atoms with E-state index in [1.54, 1.807) is 7.11 Å². The van der Waals surface area contributed by atoms with Gasteiger partial charge in [0.05, 0.1) is 19.3 Å². The van der Waals surface area contributed by atoms with Crippen LogP contribution in [-0.4, -0.2) is 26.1 Å². The first kappa shape index (κ1) is 17.5. The average Bonchev–Trinajstić information content (AvgIpc) is 2.56. The number of methoxy groups -OCH3 is 1. The fourth-order valence-electron chi connectivity index (χ4n) is 2.39. The maximum absolute atomic E-state index is 12.3. The Kier molecular flexibility index (Phi) is 6.62. The van der Waals surface area contributed by atoms with Crippen molar-refractivity contribution in [3.8, 4) is 5.75 Å². The topological polar surface area (TPSA) is 42.8 Å². The molecule has 0 saturated heterocycles. The Morgan fingerprint density at radius 2 is 1.87 bits per heavy atom. The van der Waals surface area contributed by atoms with Gasteiger partial charge in [0.2, 0.25) is 0 Å². The summed E-state index contributed by atoms with van der Waals surface area (Å²) in [5, 5.41) is 2.93. The number of amides is 1. The van der Waals surface area contributed by atoms with Crippen LogP contribution in [0, 0.1) is 0 Å². The number of para-hydroxylation sites is 2. The molecule has 0 aliphatic rings. The normalized spacial score (nSPS) is 11.8. The van der Waals surface area contributed by atoms with Gasteiger partial charge in [0.15, 0.2) is 6.54 Å². The number of halogens is 1. The molecule has 0 aromatic heterocycles. The van der Waals surface area contributed by atoms with Crippen molar-refractivity contribution in [2.75, 3.05) is 25.5 Å². The molecular weight excluding hydrogens is 356 g/mol. The first-order chi connectivity index (χ1) is 11.1. The Morgan fingerprint density at radius 1 is 1.17 bits per heavy atom. The number of hydrogen-bond acceptors (Lipinski definition) is 2. The number of carbonyl (C=O) groups excluding carboxylic acids is 1. The quantitative estimate of drug-likeness (QED) is 0.778. The Hall–Kier alpha value is -1.85. The molecule has 0 heterocycles. The first-order valence-electron chi connectivity index (χ1n) is 7.64. The van der Waals surface area contributed by atoms with E-state index < -0.39 is 0 Å². The van der Waals surface area contributed by atoms with Crippen LogP contribution in [-0.2, 0) is 11.3 Å². The van der Waals surface area contributed by atoms with Gasteiger partial charge in [-0.1, -0.05) is 46.3 Å². The molecule has 1 unspecified atom stereocenters. The molecule has 0 aliphatic carbocycles. The van der Waals surface area contributed by atoms with Crippen molar-refractivity contribution in [3.63, 3.8) is 0 Å². The summed E-state index contributed by atoms with van der Waals surface area (Å²) in [4.78, 5) is 13.5. The molecule has 4 nitrogen and oxygen atoms in total. The Balaban J connectivity index is 1.98. The van der Waals surface area contributed by atoms with Crippen LogP contribution >= 0.6 is 15.9 Å². The highest BCUT2D eigenvalue weighted by molar-refractivity contribution is 9.10. The van der Waals surface area contributed by atoms with Gasteiger partial charge >= 0.3 is 0 Å². The van der Waals surface area contributed by atoms with Gasteiger partial charge in [-0.15, -0.1) is 0 Å². The highest BCUT2D eigenvalue weighted by Crippen LogP contribution is 2.22. The van der Waals surface area contributed by atoms with Crippen LogP contribution in [0.1, 0.15) is 12.5 Å². The largest absolute Gasteiger partial charge is 0.495 e. The summed E-state index contributed by atoms with van der Waals surface area (Å²) in [5.74, 6) is 0.656. The van der Waals surface area contributed by atoms with Crippen molar-refractivity contribution < 1.29 is 14.4 Å². The van der Waals surface area contributed by atoms with E-state index in [-0.39, 0.29) is 5.91 Å². The molecule has 0 saturated carbocycles. The Morgan fingerprint density at radius 3 is 2.57 bits per heavy atom. The third-order valence-electron chi connectivity index (χ3n) is 3.69. The predicted molar refractivity (Wildman–Crippen MR) is 95.8 cm³/mol. The first-order valence-corrected chi connectivity index (χ1v) is 8.43. The fraction of sp³-hybridized carbons (Fsp3) is 0.278. The second-order valence-electron chi connectivity index (χ2n) is 5.30. The molecule has 2 N–H and O–H groups in total. The molecule has 1 amide bonds. The number of quaternary nitrogens is 1. The van der Waals surface area contributed by atoms with E-state index in [2.05, 4.69) is 34.2 Å². The summed E-state index contributed by atoms with van der Waals surface area (Å²) in [5.41, 5.74) is 1.91. The van der Waals surface area contributed by atoms with Gasteiger partial charge in [-0.3, -0.25) is 4.79 Å². The fourth-order valence-corrected chi connectivity index (χ4v) is 2.82. The van der Waals surface area contributed by atoms with Gasteiger partial charge in [-0.2, -0.15) is 0 Å². The molecule has 2 aromatic carbocycles. The number of anilines is 1. The van der Waals surface area contributed by atoms with E-state index >= 15 is 0 Å². The van der Waals surface area contributed by atoms with Crippen molar-refractivity contribution in [1.82, 2.24) is 0 Å². The lowest BCUT2D eigenvalue weighted by atomic mass is 10.2. The van der Waals surface area contributed by atoms with Gasteiger partial charge in [0.25, 0.3) is 5.91 Å². The second kappa shape index (κ2) is 8.70. The third-order valence-corrected chi connectivity index (χ3v) is 4.46. The number of rotatable bonds is 7. The molecule has 0 radical (unpaired) electrons. The van der Waals surface area contributed by atoms with Gasteiger partial charge in [0.1, 0.15) is 12.3 Å². The smallest absolute Gasteiger partial charge is 0.279 e. The predicted octanol–water partition coefficient (Wildman–Crippen LogP) is 2.50. The molecule has 122 valence electrons. The number of benzene rings is 2. The monoisotopic (exact) mass is 377 g/mol. The highest BCUT2D eigenvalue weighted by Gasteiger charge is 2.15. The number of hydrogen-bond donors (Lipinski definition) is 2. The average molecular weight is 378 g/mol. The van der Waals surface area contributed by atoms with Crippen LogP contribution in [0.3, 0.4) is 0 Å². The molecule has 5 heteroatoms. The minimum absolute atomic E-state index is 0.0154. The van der Waals surface area contributed by atoms with Crippen molar-refractivity contribution in [3.05, 3.63) is 58.6 Å². The van der Waals surface area contributed by atoms with E-state index in [4.69, 9.17) is 4.74 Å². The number of likely N-dealkylation sites (N-methyl/N-ethyl adjacent to an activating group) is 1. The standard InChI is InChI=1S/C18H21BrN2O2/c1-3-21(12-14-8-4-5-9-15(14)19)13-18(22)20-16-10-6-7-11-17(16)23-2/h4-11H,3,12-13H2,1-2H3,(H,20,22)/p+1. The van der Waals surface area contributed by atoms with Crippen LogP contribution in [0.2, 0.25) is 0 Å². The lowest BCUT2D eigenvalue weighted by Gasteiger charge is -2.18. The van der Waals surface area contributed by atoms with Crippen molar-refractivity contribution in [2.45, 2.75) is 13.5 Å². The van der Waals surface area contributed by atoms with Crippen molar-refractivity contribution in [1.29, 1.82) is 0 Å². The van der Waals surface area contributed by atoms with E-state index in [9.17, 15) is 4.79 Å². The number of carbonyl (C=O) groups is 1. The maximum atomic E-state index is 12.3. The van der Waals surface area contributed by atoms with E-state index in [1.807, 2.05) is 42.5 Å². The molecule has 23 heavy (non-hydrogen) atoms. The maximum Gasteiger partial charge on any atom is 0.279 e. The molecule has 1 atom stereocenters. The molecule has 2 aromatic rings. The van der Waals surface area contributed by atoms with E-state index in [0.29, 0.717) is 18.0 Å². The second-order valence-corrected chi connectivity index (χ2v) is 6.15. The molecule has 0 bridgehead atoms. The van der Waals surface area contributed by atoms with Gasteiger partial charge < -0.3 is 15.0 Å². The van der Waals surface area contributed by atoms with Crippen molar-refractivity contribution >= 4 is 27.5 Å². The summed E-state index contributed by atoms with van der Waals surface area (Å²) in [6.07, 6.45) is 0. The van der Waals surface area contributed by atoms with Gasteiger partial charge in [0, 0.05) is 10.0 Å². The summed E-state index contributed by atoms with van der Waals surface area (Å²) in [6.45, 7) is 4.18. The summed E-state index contributed by atoms with van der Waals surface area (Å²) < 4.78 is 6.34. The van der Waals surface area contributed by atoms with Crippen LogP contribution < -0.4 is 15.0 Å². The molecular formula is C18H22BrN2O2+. The molecule has 0 spiro atoms. The minimum atomic E-state index is -0.0154. The summed E-state index contributed by atoms with van der Waals surface area (Å²) >= 11 is 3.56. The zero-order valence-electron chi connectivity index (χ0n) is 13.4. The number of ether oxygens (including phenoxy) is 1. The SMILES string of the molecule is CC[NH+](CC(=O)Nc1ccccc1OC)Cc1ccccc1Br. The minimum Gasteiger partial charge on any atom is -0.495 e. The zero-order valence-corrected chi connectivity index (χ0v) is 15.0. The van der Waals surface area contributed by atoms with Crippen molar-refractivity contribution in [2.24, 2.45) is 0 Å². The highest BCUT2D eigenvalue weighted by atomic mass is 79.9. The summed E-state index contributed by atoms with van der Waals surface area (Å²) in [7, 11) is 1.60. The third kappa shape index (κ3) is 5.08. The number of nitrogens with one attached hydrogen (secondary N) is 2. The molecule has 0 aliphatic heterocycles. The van der Waals surface area contributed by atoms with Crippen LogP contribution in [0.5, 0.6) is 5.75 Å². The van der Waals surface area contributed by atoms with E-state index in [1.165, 1.54) is 10.5 Å². The van der Waals surface area contributed by atoms with Crippen LogP contribution in [0.15, 0.2) is 53.0 Å². The Bertz CT molecular complexity index is 661. The lowest BCUT2D eigenvalue weighted by molar-refractivity contribution is -0.904. The Labute approximate surface area is 145 Å². The summed E-state index contributed by atoms with van der Waals surface area (Å²) in [6, 6.07) is 15.6. The zero-order chi connectivity index (χ0) is 16.7. The van der Waals surface area contributed by atoms with Crippen LogP contribution in [0.4, 0.5) is 5.69 Å². The lowest BCUT2D eigenvalue weighted by Crippen LogP contribution is -3.11. The van der Waals surface area contributed by atoms with E-state index in [0.717, 1.165) is 17.6 Å². The van der Waals surface area contributed by atoms with Gasteiger partial charge in [-0.25, -0.2) is 0 Å². The molecule has 0 fully saturated rings. The van der Waals surface area contributed by atoms with Crippen LogP contribution in [0.25, 0.3) is 0 Å². The molecule has 2 rings (SSSR count). The van der Waals surface area contributed by atoms with Gasteiger partial charge in [-0.05, 0) is 25.1 Å².